The van der Waals surface area contributed by atoms with Crippen LogP contribution in [-0.4, -0.2) is 54.0 Å². The van der Waals surface area contributed by atoms with E-state index in [-0.39, 0.29) is 17.8 Å². The van der Waals surface area contributed by atoms with Crippen LogP contribution in [0.2, 0.25) is 0 Å². The molecule has 0 saturated heterocycles. The van der Waals surface area contributed by atoms with Gasteiger partial charge in [0.05, 0.1) is 0 Å². The van der Waals surface area contributed by atoms with E-state index in [1.807, 2.05) is 0 Å². The average Bonchev–Trinajstić information content (AvgIpc) is 3.07. The number of rotatable bonds is 12. The molecule has 45 heavy (non-hydrogen) atoms. The zero-order chi connectivity index (χ0) is 32.5. The van der Waals surface area contributed by atoms with E-state index in [0.29, 0.717) is 34.3 Å². The fourth-order valence-electron chi connectivity index (χ4n) is 3.88. The molecule has 3 aromatic carbocycles. The molecule has 0 saturated carbocycles. The maximum absolute atomic E-state index is 11.8. The number of aromatic nitrogens is 3. The van der Waals surface area contributed by atoms with E-state index < -0.39 is 17.9 Å². The van der Waals surface area contributed by atoms with Gasteiger partial charge in [0.2, 0.25) is 17.8 Å². The van der Waals surface area contributed by atoms with Crippen LogP contribution in [0.1, 0.15) is 0 Å². The minimum absolute atomic E-state index is 0.254. The summed E-state index contributed by atoms with van der Waals surface area (Å²) in [6.07, 6.45) is 3.23. The first-order valence-corrected chi connectivity index (χ1v) is 13.4. The summed E-state index contributed by atoms with van der Waals surface area (Å²) in [5, 5.41) is 0. The first kappa shape index (κ1) is 31.6. The molecule has 1 heterocycles. The molecule has 1 aromatic heterocycles. The van der Waals surface area contributed by atoms with Gasteiger partial charge in [-0.3, -0.25) is 0 Å². The zero-order valence-electron chi connectivity index (χ0n) is 24.9. The van der Waals surface area contributed by atoms with Crippen LogP contribution in [0.5, 0.6) is 17.2 Å². The lowest BCUT2D eigenvalue weighted by atomic mass is 10.3. The number of nitrogens with zero attached hydrogens (tertiary/aromatic N) is 6. The van der Waals surface area contributed by atoms with Gasteiger partial charge in [-0.05, 0) is 36.4 Å². The SMILES string of the molecule is C=CC(=O)Oc1cccc(N(C)c2nc(N(C)c3cccc(OC(=O)C=C)c3)nc(N(C)c3cccc(OC(=O)C=C)c3)n2)c1. The second-order valence-electron chi connectivity index (χ2n) is 9.28. The highest BCUT2D eigenvalue weighted by Crippen LogP contribution is 2.32. The van der Waals surface area contributed by atoms with Crippen LogP contribution in [-0.2, 0) is 14.4 Å². The van der Waals surface area contributed by atoms with Gasteiger partial charge in [-0.1, -0.05) is 37.9 Å². The molecule has 0 unspecified atom stereocenters. The molecule has 4 rings (SSSR count). The van der Waals surface area contributed by atoms with Crippen molar-refractivity contribution in [2.75, 3.05) is 35.8 Å². The third-order valence-electron chi connectivity index (χ3n) is 6.27. The Labute approximate surface area is 260 Å². The van der Waals surface area contributed by atoms with Gasteiger partial charge in [-0.25, -0.2) is 14.4 Å². The predicted octanol–water partition coefficient (Wildman–Crippen LogP) is 5.45. The van der Waals surface area contributed by atoms with Gasteiger partial charge in [0, 0.05) is 74.6 Å². The third-order valence-corrected chi connectivity index (χ3v) is 6.27. The molecule has 228 valence electrons. The van der Waals surface area contributed by atoms with Crippen molar-refractivity contribution < 1.29 is 28.6 Å². The molecule has 0 fully saturated rings. The van der Waals surface area contributed by atoms with Crippen molar-refractivity contribution in [3.05, 3.63) is 111 Å². The number of esters is 3. The standard InChI is InChI=1S/C33H30N6O6/c1-7-28(40)43-25-16-10-13-22(19-25)37(4)31-34-32(38(5)23-14-11-17-26(20-23)44-29(41)8-2)36-33(35-31)39(6)24-15-12-18-27(21-24)45-30(42)9-3/h7-21H,1-3H2,4-6H3. The van der Waals surface area contributed by atoms with Gasteiger partial charge >= 0.3 is 17.9 Å². The quantitative estimate of drug-likeness (QED) is 0.116. The Morgan fingerprint density at radius 3 is 1.04 bits per heavy atom. The van der Waals surface area contributed by atoms with E-state index in [1.165, 1.54) is 0 Å². The maximum Gasteiger partial charge on any atom is 0.335 e. The number of ether oxygens (including phenoxy) is 3. The Kier molecular flexibility index (Phi) is 10.0. The molecule has 0 radical (unpaired) electrons. The van der Waals surface area contributed by atoms with E-state index in [0.717, 1.165) is 18.2 Å². The van der Waals surface area contributed by atoms with Crippen molar-refractivity contribution >= 4 is 52.8 Å². The summed E-state index contributed by atoms with van der Waals surface area (Å²) < 4.78 is 15.9. The molecule has 12 nitrogen and oxygen atoms in total. The zero-order valence-corrected chi connectivity index (χ0v) is 24.9. The highest BCUT2D eigenvalue weighted by molar-refractivity contribution is 5.84. The Morgan fingerprint density at radius 2 is 0.800 bits per heavy atom. The van der Waals surface area contributed by atoms with Gasteiger partial charge in [0.15, 0.2) is 0 Å². The van der Waals surface area contributed by atoms with E-state index in [1.54, 1.807) is 109 Å². The Hall–Kier alpha value is -6.30. The lowest BCUT2D eigenvalue weighted by Crippen LogP contribution is -2.22. The molecule has 0 N–H and O–H groups in total. The molecule has 4 aromatic rings. The fraction of sp³-hybridized carbons (Fsp3) is 0.0909. The molecule has 12 heteroatoms. The van der Waals surface area contributed by atoms with Crippen LogP contribution in [0.15, 0.2) is 111 Å². The molecule has 0 aliphatic heterocycles. The van der Waals surface area contributed by atoms with Crippen molar-refractivity contribution in [2.45, 2.75) is 0 Å². The molecule has 0 aliphatic carbocycles. The summed E-state index contributed by atoms with van der Waals surface area (Å²) in [5.74, 6) is -0.0863. The molecule has 0 amide bonds. The smallest absolute Gasteiger partial charge is 0.335 e. The minimum Gasteiger partial charge on any atom is -0.423 e. The van der Waals surface area contributed by atoms with Crippen molar-refractivity contribution in [1.82, 2.24) is 15.0 Å². The van der Waals surface area contributed by atoms with Gasteiger partial charge < -0.3 is 28.9 Å². The number of carbonyl (C=O) groups is 3. The Bertz CT molecular complexity index is 1560. The third kappa shape index (κ3) is 7.96. The van der Waals surface area contributed by atoms with Crippen LogP contribution in [0.4, 0.5) is 34.9 Å². The second kappa shape index (κ2) is 14.2. The molecular weight excluding hydrogens is 576 g/mol. The van der Waals surface area contributed by atoms with Crippen LogP contribution in [0.25, 0.3) is 0 Å². The fourth-order valence-corrected chi connectivity index (χ4v) is 3.88. The first-order chi connectivity index (χ1) is 21.6. The number of benzene rings is 3. The van der Waals surface area contributed by atoms with Crippen LogP contribution in [0.3, 0.4) is 0 Å². The van der Waals surface area contributed by atoms with E-state index >= 15 is 0 Å². The molecule has 0 bridgehead atoms. The lowest BCUT2D eigenvalue weighted by molar-refractivity contribution is -0.129. The summed E-state index contributed by atoms with van der Waals surface area (Å²) in [4.78, 5) is 54.6. The largest absolute Gasteiger partial charge is 0.423 e. The Balaban J connectivity index is 1.78. The van der Waals surface area contributed by atoms with E-state index in [9.17, 15) is 14.4 Å². The van der Waals surface area contributed by atoms with Gasteiger partial charge in [0.25, 0.3) is 0 Å². The molecular formula is C33H30N6O6. The van der Waals surface area contributed by atoms with Crippen LogP contribution >= 0.6 is 0 Å². The normalized spacial score (nSPS) is 10.2. The van der Waals surface area contributed by atoms with Crippen molar-refractivity contribution in [3.63, 3.8) is 0 Å². The van der Waals surface area contributed by atoms with Gasteiger partial charge in [-0.2, -0.15) is 15.0 Å². The van der Waals surface area contributed by atoms with Crippen LogP contribution in [0, 0.1) is 0 Å². The lowest BCUT2D eigenvalue weighted by Gasteiger charge is -2.25. The molecule has 0 atom stereocenters. The van der Waals surface area contributed by atoms with Gasteiger partial charge in [0.1, 0.15) is 17.2 Å². The molecule has 0 aliphatic rings. The number of hydrogen-bond acceptors (Lipinski definition) is 12. The topological polar surface area (TPSA) is 127 Å². The predicted molar refractivity (Wildman–Crippen MR) is 171 cm³/mol. The highest BCUT2D eigenvalue weighted by atomic mass is 16.5. The van der Waals surface area contributed by atoms with Crippen molar-refractivity contribution in [1.29, 1.82) is 0 Å². The summed E-state index contributed by atoms with van der Waals surface area (Å²) in [5.41, 5.74) is 1.86. The second-order valence-corrected chi connectivity index (χ2v) is 9.28. The van der Waals surface area contributed by atoms with Crippen LogP contribution < -0.4 is 28.9 Å². The number of carbonyl (C=O) groups excluding carboxylic acids is 3. The average molecular weight is 607 g/mol. The van der Waals surface area contributed by atoms with E-state index in [4.69, 9.17) is 29.2 Å². The van der Waals surface area contributed by atoms with Crippen molar-refractivity contribution in [2.24, 2.45) is 0 Å². The van der Waals surface area contributed by atoms with Gasteiger partial charge in [-0.15, -0.1) is 0 Å². The Morgan fingerprint density at radius 1 is 0.533 bits per heavy atom. The monoisotopic (exact) mass is 606 g/mol. The van der Waals surface area contributed by atoms with E-state index in [2.05, 4.69) is 19.7 Å². The summed E-state index contributed by atoms with van der Waals surface area (Å²) in [6.45, 7) is 10.3. The number of anilines is 6. The summed E-state index contributed by atoms with van der Waals surface area (Å²) in [7, 11) is 5.26. The summed E-state index contributed by atoms with van der Waals surface area (Å²) in [6, 6.07) is 20.5. The minimum atomic E-state index is -0.593. The maximum atomic E-state index is 11.8. The first-order valence-electron chi connectivity index (χ1n) is 13.4. The number of hydrogen-bond donors (Lipinski definition) is 0. The summed E-state index contributed by atoms with van der Waals surface area (Å²) >= 11 is 0. The van der Waals surface area contributed by atoms with Crippen molar-refractivity contribution in [3.8, 4) is 17.2 Å². The highest BCUT2D eigenvalue weighted by Gasteiger charge is 2.20. The molecule has 0 spiro atoms.